The summed E-state index contributed by atoms with van der Waals surface area (Å²) in [5.74, 6) is 0.0158. The van der Waals surface area contributed by atoms with Gasteiger partial charge >= 0.3 is 5.97 Å². The van der Waals surface area contributed by atoms with Crippen molar-refractivity contribution in [1.29, 1.82) is 0 Å². The Bertz CT molecular complexity index is 322. The Morgan fingerprint density at radius 1 is 1.31 bits per heavy atom. The first kappa shape index (κ1) is 12.7. The molecule has 0 aliphatic carbocycles. The summed E-state index contributed by atoms with van der Waals surface area (Å²) in [6.45, 7) is 4.68. The van der Waals surface area contributed by atoms with Crippen molar-refractivity contribution in [1.82, 2.24) is 5.32 Å². The van der Waals surface area contributed by atoms with Crippen molar-refractivity contribution in [2.75, 3.05) is 7.11 Å². The first-order valence-corrected chi connectivity index (χ1v) is 5.50. The molecule has 16 heavy (non-hydrogen) atoms. The lowest BCUT2D eigenvalue weighted by molar-refractivity contribution is -0.144. The van der Waals surface area contributed by atoms with Gasteiger partial charge in [0.05, 0.1) is 7.11 Å². The van der Waals surface area contributed by atoms with Crippen molar-refractivity contribution in [3.8, 4) is 0 Å². The van der Waals surface area contributed by atoms with Crippen LogP contribution < -0.4 is 5.32 Å². The van der Waals surface area contributed by atoms with E-state index in [9.17, 15) is 4.79 Å². The summed E-state index contributed by atoms with van der Waals surface area (Å²) < 4.78 is 4.76. The second-order valence-corrected chi connectivity index (χ2v) is 4.11. The number of methoxy groups -OCH3 is 1. The molecule has 3 nitrogen and oxygen atoms in total. The lowest BCUT2D eigenvalue weighted by Crippen LogP contribution is -2.41. The van der Waals surface area contributed by atoms with E-state index >= 15 is 0 Å². The Labute approximate surface area is 96.8 Å². The summed E-state index contributed by atoms with van der Waals surface area (Å²) >= 11 is 0. The fourth-order valence-corrected chi connectivity index (χ4v) is 1.54. The van der Waals surface area contributed by atoms with Crippen LogP contribution in [-0.4, -0.2) is 19.1 Å². The molecule has 0 aliphatic heterocycles. The minimum absolute atomic E-state index is 0.203. The third-order valence-electron chi connectivity index (χ3n) is 2.49. The molecule has 0 spiro atoms. The van der Waals surface area contributed by atoms with Crippen LogP contribution in [0.15, 0.2) is 30.3 Å². The van der Waals surface area contributed by atoms with E-state index in [1.165, 1.54) is 7.11 Å². The summed E-state index contributed by atoms with van der Waals surface area (Å²) in [7, 11) is 1.42. The lowest BCUT2D eigenvalue weighted by Gasteiger charge is -2.19. The van der Waals surface area contributed by atoms with Gasteiger partial charge in [-0.2, -0.15) is 0 Å². The maximum absolute atomic E-state index is 11.5. The summed E-state index contributed by atoms with van der Waals surface area (Å²) in [6.07, 6.45) is 0. The Balaban J connectivity index is 2.54. The molecule has 0 bridgehead atoms. The van der Waals surface area contributed by atoms with E-state index < -0.39 is 0 Å². The smallest absolute Gasteiger partial charge is 0.323 e. The molecule has 0 heterocycles. The third kappa shape index (κ3) is 3.66. The molecular weight excluding hydrogens is 202 g/mol. The predicted molar refractivity (Wildman–Crippen MR) is 63.9 cm³/mol. The second kappa shape index (κ2) is 6.28. The molecule has 0 amide bonds. The molecule has 0 aromatic heterocycles. The Morgan fingerprint density at radius 2 is 1.94 bits per heavy atom. The van der Waals surface area contributed by atoms with E-state index in [2.05, 4.69) is 5.32 Å². The molecule has 1 rings (SSSR count). The molecule has 1 atom stereocenters. The van der Waals surface area contributed by atoms with Crippen molar-refractivity contribution >= 4 is 5.97 Å². The average Bonchev–Trinajstić information content (AvgIpc) is 2.30. The van der Waals surface area contributed by atoms with Gasteiger partial charge in [-0.15, -0.1) is 0 Å². The van der Waals surface area contributed by atoms with E-state index in [4.69, 9.17) is 4.74 Å². The van der Waals surface area contributed by atoms with Crippen LogP contribution in [0.2, 0.25) is 0 Å². The Kier molecular flexibility index (Phi) is 4.99. The number of carbonyl (C=O) groups is 1. The van der Waals surface area contributed by atoms with Gasteiger partial charge < -0.3 is 10.1 Å². The SMILES string of the molecule is COC(=O)C(NCc1ccccc1)C(C)C. The summed E-state index contributed by atoms with van der Waals surface area (Å²) in [4.78, 5) is 11.5. The van der Waals surface area contributed by atoms with Gasteiger partial charge in [0.25, 0.3) is 0 Å². The number of carbonyl (C=O) groups excluding carboxylic acids is 1. The van der Waals surface area contributed by atoms with Gasteiger partial charge in [0, 0.05) is 6.54 Å². The first-order valence-electron chi connectivity index (χ1n) is 5.50. The van der Waals surface area contributed by atoms with Crippen LogP contribution in [0.25, 0.3) is 0 Å². The number of nitrogens with one attached hydrogen (secondary N) is 1. The average molecular weight is 221 g/mol. The largest absolute Gasteiger partial charge is 0.468 e. The van der Waals surface area contributed by atoms with Crippen LogP contribution >= 0.6 is 0 Å². The third-order valence-corrected chi connectivity index (χ3v) is 2.49. The van der Waals surface area contributed by atoms with E-state index in [0.29, 0.717) is 6.54 Å². The van der Waals surface area contributed by atoms with Gasteiger partial charge in [-0.05, 0) is 11.5 Å². The molecule has 0 saturated carbocycles. The highest BCUT2D eigenvalue weighted by Gasteiger charge is 2.21. The topological polar surface area (TPSA) is 38.3 Å². The van der Waals surface area contributed by atoms with Crippen molar-refractivity contribution in [3.05, 3.63) is 35.9 Å². The fourth-order valence-electron chi connectivity index (χ4n) is 1.54. The van der Waals surface area contributed by atoms with E-state index in [1.807, 2.05) is 44.2 Å². The molecule has 0 aliphatic rings. The van der Waals surface area contributed by atoms with Crippen LogP contribution in [0.3, 0.4) is 0 Å². The predicted octanol–water partition coefficient (Wildman–Crippen LogP) is 1.97. The molecule has 0 saturated heterocycles. The highest BCUT2D eigenvalue weighted by molar-refractivity contribution is 5.75. The number of ether oxygens (including phenoxy) is 1. The highest BCUT2D eigenvalue weighted by atomic mass is 16.5. The number of hydrogen-bond acceptors (Lipinski definition) is 3. The standard InChI is InChI=1S/C13H19NO2/c1-10(2)12(13(15)16-3)14-9-11-7-5-4-6-8-11/h4-8,10,12,14H,9H2,1-3H3. The fraction of sp³-hybridized carbons (Fsp3) is 0.462. The minimum Gasteiger partial charge on any atom is -0.468 e. The zero-order valence-electron chi connectivity index (χ0n) is 10.1. The molecule has 3 heteroatoms. The van der Waals surface area contributed by atoms with Gasteiger partial charge in [0.1, 0.15) is 6.04 Å². The number of benzene rings is 1. The highest BCUT2D eigenvalue weighted by Crippen LogP contribution is 2.05. The Morgan fingerprint density at radius 3 is 2.44 bits per heavy atom. The van der Waals surface area contributed by atoms with Crippen molar-refractivity contribution < 1.29 is 9.53 Å². The maximum atomic E-state index is 11.5. The van der Waals surface area contributed by atoms with Crippen LogP contribution in [0.1, 0.15) is 19.4 Å². The van der Waals surface area contributed by atoms with Gasteiger partial charge in [-0.3, -0.25) is 4.79 Å². The van der Waals surface area contributed by atoms with E-state index in [-0.39, 0.29) is 17.9 Å². The summed E-state index contributed by atoms with van der Waals surface area (Å²) in [5.41, 5.74) is 1.16. The monoisotopic (exact) mass is 221 g/mol. The van der Waals surface area contributed by atoms with E-state index in [0.717, 1.165) is 5.56 Å². The molecule has 1 N–H and O–H groups in total. The van der Waals surface area contributed by atoms with Crippen molar-refractivity contribution in [2.24, 2.45) is 5.92 Å². The van der Waals surface area contributed by atoms with Gasteiger partial charge in [-0.25, -0.2) is 0 Å². The maximum Gasteiger partial charge on any atom is 0.323 e. The number of hydrogen-bond donors (Lipinski definition) is 1. The normalized spacial score (nSPS) is 12.5. The van der Waals surface area contributed by atoms with E-state index in [1.54, 1.807) is 0 Å². The molecule has 88 valence electrons. The number of esters is 1. The summed E-state index contributed by atoms with van der Waals surface area (Å²) in [5, 5.41) is 3.21. The molecular formula is C13H19NO2. The zero-order valence-corrected chi connectivity index (χ0v) is 10.1. The van der Waals surface area contributed by atoms with Crippen LogP contribution in [0.4, 0.5) is 0 Å². The molecule has 0 fully saturated rings. The van der Waals surface area contributed by atoms with Gasteiger partial charge in [-0.1, -0.05) is 44.2 Å². The van der Waals surface area contributed by atoms with Gasteiger partial charge in [0.2, 0.25) is 0 Å². The summed E-state index contributed by atoms with van der Waals surface area (Å²) in [6, 6.07) is 9.76. The zero-order chi connectivity index (χ0) is 12.0. The molecule has 1 aromatic carbocycles. The number of rotatable bonds is 5. The molecule has 0 radical (unpaired) electrons. The van der Waals surface area contributed by atoms with Crippen molar-refractivity contribution in [3.63, 3.8) is 0 Å². The lowest BCUT2D eigenvalue weighted by atomic mass is 10.0. The van der Waals surface area contributed by atoms with Crippen LogP contribution in [0.5, 0.6) is 0 Å². The Hall–Kier alpha value is -1.35. The quantitative estimate of drug-likeness (QED) is 0.773. The molecule has 1 aromatic rings. The minimum atomic E-state index is -0.245. The molecule has 1 unspecified atom stereocenters. The van der Waals surface area contributed by atoms with Crippen LogP contribution in [0, 0.1) is 5.92 Å². The first-order chi connectivity index (χ1) is 7.65. The van der Waals surface area contributed by atoms with Gasteiger partial charge in [0.15, 0.2) is 0 Å². The van der Waals surface area contributed by atoms with Crippen LogP contribution in [-0.2, 0) is 16.1 Å². The second-order valence-electron chi connectivity index (χ2n) is 4.11. The van der Waals surface area contributed by atoms with Crippen molar-refractivity contribution in [2.45, 2.75) is 26.4 Å².